The molecule has 15 heavy (non-hydrogen) atoms. The highest BCUT2D eigenvalue weighted by Gasteiger charge is 2.23. The third-order valence-corrected chi connectivity index (χ3v) is 2.81. The molecule has 0 radical (unpaired) electrons. The predicted octanol–water partition coefficient (Wildman–Crippen LogP) is -0.779. The second kappa shape index (κ2) is 4.97. The Kier molecular flexibility index (Phi) is 3.90. The highest BCUT2D eigenvalue weighted by molar-refractivity contribution is 5.91. The Balaban J connectivity index is 2.62. The standard InChI is InChI=1S/C9H20N6/c1-3-7-6-15(5-4-14(7)2)9(12)13-8(10)11/h7H,3-6H2,1-2H3,(H5,10,11,12,13). The first-order valence-electron chi connectivity index (χ1n) is 5.18. The van der Waals surface area contributed by atoms with Crippen LogP contribution >= 0.6 is 0 Å². The van der Waals surface area contributed by atoms with E-state index in [-0.39, 0.29) is 5.96 Å². The SMILES string of the molecule is CCC1CN(/C(N)=N/C(=N)N)CCN1C. The minimum Gasteiger partial charge on any atom is -0.369 e. The lowest BCUT2D eigenvalue weighted by Gasteiger charge is -2.39. The van der Waals surface area contributed by atoms with Gasteiger partial charge in [0.1, 0.15) is 0 Å². The lowest BCUT2D eigenvalue weighted by molar-refractivity contribution is 0.137. The van der Waals surface area contributed by atoms with E-state index in [9.17, 15) is 0 Å². The molecule has 0 aromatic heterocycles. The molecule has 0 spiro atoms. The van der Waals surface area contributed by atoms with Gasteiger partial charge in [0.15, 0.2) is 5.96 Å². The number of piperazine rings is 1. The number of hydrogen-bond acceptors (Lipinski definition) is 2. The fourth-order valence-corrected chi connectivity index (χ4v) is 1.79. The average molecular weight is 212 g/mol. The van der Waals surface area contributed by atoms with Gasteiger partial charge >= 0.3 is 0 Å². The Labute approximate surface area is 90.4 Å². The van der Waals surface area contributed by atoms with E-state index in [1.54, 1.807) is 0 Å². The Hall–Kier alpha value is -1.30. The Morgan fingerprint density at radius 3 is 2.67 bits per heavy atom. The molecule has 1 unspecified atom stereocenters. The molecule has 1 heterocycles. The number of guanidine groups is 2. The molecule has 0 bridgehead atoms. The predicted molar refractivity (Wildman–Crippen MR) is 61.8 cm³/mol. The summed E-state index contributed by atoms with van der Waals surface area (Å²) in [6.07, 6.45) is 1.08. The molecule has 1 rings (SSSR count). The molecule has 0 aromatic carbocycles. The second-order valence-corrected chi connectivity index (χ2v) is 3.84. The first-order chi connectivity index (χ1) is 7.04. The van der Waals surface area contributed by atoms with Crippen molar-refractivity contribution in [2.24, 2.45) is 16.5 Å². The van der Waals surface area contributed by atoms with Crippen molar-refractivity contribution >= 4 is 11.9 Å². The largest absolute Gasteiger partial charge is 0.369 e. The van der Waals surface area contributed by atoms with E-state index in [2.05, 4.69) is 23.9 Å². The maximum atomic E-state index is 7.05. The third kappa shape index (κ3) is 3.09. The van der Waals surface area contributed by atoms with Crippen molar-refractivity contribution in [1.29, 1.82) is 5.41 Å². The van der Waals surface area contributed by atoms with Gasteiger partial charge in [-0.1, -0.05) is 6.92 Å². The molecule has 0 aliphatic carbocycles. The third-order valence-electron chi connectivity index (χ3n) is 2.81. The maximum Gasteiger partial charge on any atom is 0.215 e. The van der Waals surface area contributed by atoms with Crippen molar-refractivity contribution in [2.45, 2.75) is 19.4 Å². The van der Waals surface area contributed by atoms with Crippen molar-refractivity contribution in [1.82, 2.24) is 9.80 Å². The fraction of sp³-hybridized carbons (Fsp3) is 0.778. The van der Waals surface area contributed by atoms with E-state index in [0.717, 1.165) is 26.1 Å². The molecule has 6 nitrogen and oxygen atoms in total. The van der Waals surface area contributed by atoms with Crippen LogP contribution in [0.5, 0.6) is 0 Å². The number of likely N-dealkylation sites (N-methyl/N-ethyl adjacent to an activating group) is 1. The van der Waals surface area contributed by atoms with Crippen LogP contribution < -0.4 is 11.5 Å². The lowest BCUT2D eigenvalue weighted by atomic mass is 10.1. The van der Waals surface area contributed by atoms with Crippen molar-refractivity contribution < 1.29 is 0 Å². The monoisotopic (exact) mass is 212 g/mol. The van der Waals surface area contributed by atoms with Gasteiger partial charge in [-0.25, -0.2) is 0 Å². The fourth-order valence-electron chi connectivity index (χ4n) is 1.79. The highest BCUT2D eigenvalue weighted by atomic mass is 15.3. The summed E-state index contributed by atoms with van der Waals surface area (Å²) in [4.78, 5) is 8.06. The number of rotatable bonds is 1. The van der Waals surface area contributed by atoms with E-state index >= 15 is 0 Å². The smallest absolute Gasteiger partial charge is 0.215 e. The summed E-state index contributed by atoms with van der Waals surface area (Å²) >= 11 is 0. The molecule has 1 fully saturated rings. The molecule has 6 heteroatoms. The summed E-state index contributed by atoms with van der Waals surface area (Å²) < 4.78 is 0. The summed E-state index contributed by atoms with van der Waals surface area (Å²) in [5.41, 5.74) is 10.9. The topological polar surface area (TPSA) is 94.7 Å². The minimum atomic E-state index is -0.237. The van der Waals surface area contributed by atoms with E-state index in [4.69, 9.17) is 16.9 Å². The quantitative estimate of drug-likeness (QED) is 0.392. The summed E-state index contributed by atoms with van der Waals surface area (Å²) in [6, 6.07) is 0.499. The number of nitrogens with two attached hydrogens (primary N) is 2. The zero-order valence-corrected chi connectivity index (χ0v) is 9.40. The van der Waals surface area contributed by atoms with Crippen LogP contribution in [0.3, 0.4) is 0 Å². The Morgan fingerprint density at radius 2 is 2.13 bits per heavy atom. The van der Waals surface area contributed by atoms with Gasteiger partial charge in [0, 0.05) is 25.7 Å². The molecule has 86 valence electrons. The Morgan fingerprint density at radius 1 is 1.47 bits per heavy atom. The normalized spacial score (nSPS) is 24.3. The van der Waals surface area contributed by atoms with Gasteiger partial charge in [-0.3, -0.25) is 10.3 Å². The lowest BCUT2D eigenvalue weighted by Crippen LogP contribution is -2.55. The number of hydrogen-bond donors (Lipinski definition) is 3. The van der Waals surface area contributed by atoms with Crippen LogP contribution in [-0.4, -0.2) is 54.4 Å². The van der Waals surface area contributed by atoms with E-state index in [0.29, 0.717) is 12.0 Å². The summed E-state index contributed by atoms with van der Waals surface area (Å²) in [5, 5.41) is 7.05. The van der Waals surface area contributed by atoms with Crippen LogP contribution in [0, 0.1) is 5.41 Å². The number of nitrogens with zero attached hydrogens (tertiary/aromatic N) is 3. The van der Waals surface area contributed by atoms with E-state index in [1.807, 2.05) is 4.90 Å². The van der Waals surface area contributed by atoms with Gasteiger partial charge < -0.3 is 16.4 Å². The summed E-state index contributed by atoms with van der Waals surface area (Å²) in [5.74, 6) is 0.119. The van der Waals surface area contributed by atoms with Gasteiger partial charge in [-0.15, -0.1) is 0 Å². The Bertz CT molecular complexity index is 261. The molecule has 1 atom stereocenters. The van der Waals surface area contributed by atoms with Crippen LogP contribution in [0.4, 0.5) is 0 Å². The molecule has 0 amide bonds. The zero-order valence-electron chi connectivity index (χ0n) is 9.40. The molecule has 0 aromatic rings. The van der Waals surface area contributed by atoms with Crippen LogP contribution in [0.2, 0.25) is 0 Å². The van der Waals surface area contributed by atoms with Crippen molar-refractivity contribution in [3.63, 3.8) is 0 Å². The number of nitrogens with one attached hydrogen (secondary N) is 1. The summed E-state index contributed by atoms with van der Waals surface area (Å²) in [6.45, 7) is 4.82. The van der Waals surface area contributed by atoms with Crippen molar-refractivity contribution in [3.05, 3.63) is 0 Å². The van der Waals surface area contributed by atoms with Gasteiger partial charge in [0.05, 0.1) is 0 Å². The molecule has 0 saturated carbocycles. The van der Waals surface area contributed by atoms with Crippen molar-refractivity contribution in [2.75, 3.05) is 26.7 Å². The zero-order chi connectivity index (χ0) is 11.4. The highest BCUT2D eigenvalue weighted by Crippen LogP contribution is 2.09. The average Bonchev–Trinajstić information content (AvgIpc) is 2.17. The molecule has 5 N–H and O–H groups in total. The van der Waals surface area contributed by atoms with Crippen LogP contribution in [0.25, 0.3) is 0 Å². The van der Waals surface area contributed by atoms with Crippen molar-refractivity contribution in [3.8, 4) is 0 Å². The summed E-state index contributed by atoms with van der Waals surface area (Å²) in [7, 11) is 2.11. The number of aliphatic imine (C=N–C) groups is 1. The van der Waals surface area contributed by atoms with Crippen LogP contribution in [0.1, 0.15) is 13.3 Å². The van der Waals surface area contributed by atoms with E-state index < -0.39 is 0 Å². The molecular weight excluding hydrogens is 192 g/mol. The van der Waals surface area contributed by atoms with Gasteiger partial charge in [0.2, 0.25) is 5.96 Å². The van der Waals surface area contributed by atoms with Gasteiger partial charge in [0.25, 0.3) is 0 Å². The van der Waals surface area contributed by atoms with Crippen LogP contribution in [-0.2, 0) is 0 Å². The second-order valence-electron chi connectivity index (χ2n) is 3.84. The molecule has 1 saturated heterocycles. The van der Waals surface area contributed by atoms with Crippen LogP contribution in [0.15, 0.2) is 4.99 Å². The molecule has 1 aliphatic heterocycles. The van der Waals surface area contributed by atoms with Gasteiger partial charge in [-0.05, 0) is 13.5 Å². The first-order valence-corrected chi connectivity index (χ1v) is 5.18. The van der Waals surface area contributed by atoms with E-state index in [1.165, 1.54) is 0 Å². The maximum absolute atomic E-state index is 7.05. The minimum absolute atomic E-state index is 0.237. The molecular formula is C9H20N6. The first kappa shape index (κ1) is 11.8. The van der Waals surface area contributed by atoms with Gasteiger partial charge in [-0.2, -0.15) is 4.99 Å². The molecule has 1 aliphatic rings.